The lowest BCUT2D eigenvalue weighted by Crippen LogP contribution is -2.30. The predicted octanol–water partition coefficient (Wildman–Crippen LogP) is 4.38. The zero-order chi connectivity index (χ0) is 23.3. The molecule has 1 aliphatic heterocycles. The van der Waals surface area contributed by atoms with Crippen LogP contribution in [-0.2, 0) is 14.3 Å². The smallest absolute Gasteiger partial charge is 0.344 e. The van der Waals surface area contributed by atoms with Gasteiger partial charge in [-0.2, -0.15) is 0 Å². The molecule has 0 aliphatic carbocycles. The first-order valence-corrected chi connectivity index (χ1v) is 11.2. The quantitative estimate of drug-likeness (QED) is 0.219. The zero-order valence-corrected chi connectivity index (χ0v) is 20.2. The highest BCUT2D eigenvalue weighted by molar-refractivity contribution is 14.1. The van der Waals surface area contributed by atoms with Crippen LogP contribution in [-0.4, -0.2) is 37.7 Å². The minimum atomic E-state index is -0.572. The summed E-state index contributed by atoms with van der Waals surface area (Å²) in [5.41, 5.74) is 1.09. The number of esters is 1. The minimum absolute atomic E-state index is 0.105. The number of carbonyl (C=O) groups is 3. The van der Waals surface area contributed by atoms with E-state index in [0.717, 1.165) is 4.90 Å². The van der Waals surface area contributed by atoms with E-state index in [1.807, 2.05) is 29.5 Å². The maximum absolute atomic E-state index is 12.9. The summed E-state index contributed by atoms with van der Waals surface area (Å²) in [5.74, 6) is -0.200. The largest absolute Gasteiger partial charge is 0.490 e. The van der Waals surface area contributed by atoms with Gasteiger partial charge < -0.3 is 19.5 Å². The van der Waals surface area contributed by atoms with Gasteiger partial charge in [0.05, 0.1) is 22.5 Å². The molecule has 2 aromatic carbocycles. The van der Waals surface area contributed by atoms with Crippen molar-refractivity contribution in [1.29, 1.82) is 0 Å². The molecule has 1 aliphatic rings. The van der Waals surface area contributed by atoms with Crippen LogP contribution in [0.4, 0.5) is 10.5 Å². The van der Waals surface area contributed by atoms with Crippen molar-refractivity contribution in [2.45, 2.75) is 13.8 Å². The van der Waals surface area contributed by atoms with E-state index in [1.165, 1.54) is 6.07 Å². The van der Waals surface area contributed by atoms with Gasteiger partial charge in [-0.1, -0.05) is 17.7 Å². The average molecular weight is 571 g/mol. The Morgan fingerprint density at radius 1 is 1.16 bits per heavy atom. The summed E-state index contributed by atoms with van der Waals surface area (Å²) in [6.07, 6.45) is 1.55. The van der Waals surface area contributed by atoms with Crippen LogP contribution in [0.5, 0.6) is 11.5 Å². The third kappa shape index (κ3) is 5.52. The maximum Gasteiger partial charge on any atom is 0.344 e. The van der Waals surface area contributed by atoms with Crippen molar-refractivity contribution in [3.63, 3.8) is 0 Å². The molecule has 0 radical (unpaired) electrons. The van der Waals surface area contributed by atoms with Gasteiger partial charge in [0.25, 0.3) is 5.91 Å². The van der Waals surface area contributed by atoms with Crippen LogP contribution in [0.2, 0.25) is 5.02 Å². The number of amides is 3. The maximum atomic E-state index is 12.9. The van der Waals surface area contributed by atoms with E-state index in [-0.39, 0.29) is 18.9 Å². The first kappa shape index (κ1) is 23.9. The van der Waals surface area contributed by atoms with Crippen molar-refractivity contribution in [2.75, 3.05) is 24.7 Å². The van der Waals surface area contributed by atoms with Crippen LogP contribution in [0.15, 0.2) is 42.1 Å². The molecule has 1 heterocycles. The standard InChI is InChI=1S/C22H20ClIN2O6/c1-3-30-18-10-13(8-16(24)20(18)32-12-19(27)31-4-2)9-17-21(28)26(22(29)25-17)15-7-5-6-14(23)11-15/h5-11H,3-4,12H2,1-2H3,(H,25,29)/b17-9+. The highest BCUT2D eigenvalue weighted by atomic mass is 127. The summed E-state index contributed by atoms with van der Waals surface area (Å²) in [6.45, 7) is 3.90. The van der Waals surface area contributed by atoms with Gasteiger partial charge in [-0.25, -0.2) is 14.5 Å². The molecule has 0 spiro atoms. The second kappa shape index (κ2) is 10.7. The summed E-state index contributed by atoms with van der Waals surface area (Å²) < 4.78 is 16.8. The molecule has 1 N–H and O–H groups in total. The number of imide groups is 1. The third-order valence-corrected chi connectivity index (χ3v) is 5.26. The summed E-state index contributed by atoms with van der Waals surface area (Å²) in [6, 6.07) is 9.32. The fraction of sp³-hybridized carbons (Fsp3) is 0.227. The Hall–Kier alpha value is -2.79. The number of hydrogen-bond donors (Lipinski definition) is 1. The molecule has 3 rings (SSSR count). The number of urea groups is 1. The van der Waals surface area contributed by atoms with Gasteiger partial charge >= 0.3 is 12.0 Å². The Morgan fingerprint density at radius 3 is 2.62 bits per heavy atom. The number of benzene rings is 2. The van der Waals surface area contributed by atoms with E-state index in [2.05, 4.69) is 5.32 Å². The van der Waals surface area contributed by atoms with Gasteiger partial charge in [0.1, 0.15) is 5.70 Å². The number of nitrogens with one attached hydrogen (secondary N) is 1. The van der Waals surface area contributed by atoms with Crippen LogP contribution in [0.3, 0.4) is 0 Å². The van der Waals surface area contributed by atoms with E-state index >= 15 is 0 Å². The van der Waals surface area contributed by atoms with Crippen LogP contribution >= 0.6 is 34.2 Å². The SMILES string of the molecule is CCOC(=O)COc1c(I)cc(/C=C2/NC(=O)N(c3cccc(Cl)c3)C2=O)cc1OCC. The Morgan fingerprint density at radius 2 is 1.94 bits per heavy atom. The number of halogens is 2. The molecule has 2 aromatic rings. The molecule has 8 nitrogen and oxygen atoms in total. The third-order valence-electron chi connectivity index (χ3n) is 4.23. The summed E-state index contributed by atoms with van der Waals surface area (Å²) >= 11 is 8.04. The number of rotatable bonds is 8. The van der Waals surface area contributed by atoms with Gasteiger partial charge in [-0.3, -0.25) is 4.79 Å². The molecular weight excluding hydrogens is 551 g/mol. The van der Waals surface area contributed by atoms with E-state index in [0.29, 0.717) is 37.9 Å². The van der Waals surface area contributed by atoms with Crippen LogP contribution in [0, 0.1) is 3.57 Å². The molecular formula is C22H20ClIN2O6. The van der Waals surface area contributed by atoms with Crippen molar-refractivity contribution in [3.05, 3.63) is 56.3 Å². The second-order valence-corrected chi connectivity index (χ2v) is 8.06. The van der Waals surface area contributed by atoms with Crippen molar-refractivity contribution in [3.8, 4) is 11.5 Å². The molecule has 0 saturated carbocycles. The van der Waals surface area contributed by atoms with Crippen LogP contribution in [0.1, 0.15) is 19.4 Å². The van der Waals surface area contributed by atoms with Crippen LogP contribution < -0.4 is 19.7 Å². The highest BCUT2D eigenvalue weighted by Crippen LogP contribution is 2.35. The number of anilines is 1. The number of carbonyl (C=O) groups excluding carboxylic acids is 3. The normalized spacial score (nSPS) is 14.5. The lowest BCUT2D eigenvalue weighted by atomic mass is 10.1. The summed E-state index contributed by atoms with van der Waals surface area (Å²) in [4.78, 5) is 37.9. The van der Waals surface area contributed by atoms with Crippen molar-refractivity contribution in [1.82, 2.24) is 5.32 Å². The van der Waals surface area contributed by atoms with E-state index < -0.39 is 17.9 Å². The van der Waals surface area contributed by atoms with E-state index in [1.54, 1.807) is 43.3 Å². The molecule has 0 aromatic heterocycles. The lowest BCUT2D eigenvalue weighted by Gasteiger charge is -2.14. The first-order chi connectivity index (χ1) is 15.3. The Bertz CT molecular complexity index is 1090. The van der Waals surface area contributed by atoms with Crippen molar-refractivity contribution in [2.24, 2.45) is 0 Å². The highest BCUT2D eigenvalue weighted by Gasteiger charge is 2.35. The molecule has 0 bridgehead atoms. The van der Waals surface area contributed by atoms with Gasteiger partial charge in [-0.05, 0) is 78.4 Å². The fourth-order valence-corrected chi connectivity index (χ4v) is 3.93. The van der Waals surface area contributed by atoms with Crippen LogP contribution in [0.25, 0.3) is 6.08 Å². The van der Waals surface area contributed by atoms with Gasteiger partial charge in [-0.15, -0.1) is 0 Å². The van der Waals surface area contributed by atoms with E-state index in [9.17, 15) is 14.4 Å². The second-order valence-electron chi connectivity index (χ2n) is 6.47. The minimum Gasteiger partial charge on any atom is -0.490 e. The van der Waals surface area contributed by atoms with Gasteiger partial charge in [0, 0.05) is 5.02 Å². The molecule has 0 atom stereocenters. The summed E-state index contributed by atoms with van der Waals surface area (Å²) in [7, 11) is 0. The Labute approximate surface area is 203 Å². The Kier molecular flexibility index (Phi) is 7.97. The molecule has 10 heteroatoms. The molecule has 32 heavy (non-hydrogen) atoms. The number of hydrogen-bond acceptors (Lipinski definition) is 6. The molecule has 0 unspecified atom stereocenters. The van der Waals surface area contributed by atoms with Crippen molar-refractivity contribution >= 4 is 63.9 Å². The average Bonchev–Trinajstić information content (AvgIpc) is 3.00. The molecule has 3 amide bonds. The lowest BCUT2D eigenvalue weighted by molar-refractivity contribution is -0.145. The predicted molar refractivity (Wildman–Crippen MR) is 128 cm³/mol. The van der Waals surface area contributed by atoms with E-state index in [4.69, 9.17) is 25.8 Å². The topological polar surface area (TPSA) is 94.2 Å². The molecule has 168 valence electrons. The van der Waals surface area contributed by atoms with Gasteiger partial charge in [0.15, 0.2) is 18.1 Å². The van der Waals surface area contributed by atoms with Crippen molar-refractivity contribution < 1.29 is 28.6 Å². The number of ether oxygens (including phenoxy) is 3. The molecule has 1 fully saturated rings. The van der Waals surface area contributed by atoms with Gasteiger partial charge in [0.2, 0.25) is 0 Å². The Balaban J connectivity index is 1.88. The molecule has 1 saturated heterocycles. The fourth-order valence-electron chi connectivity index (χ4n) is 2.96. The monoisotopic (exact) mass is 570 g/mol. The summed E-state index contributed by atoms with van der Waals surface area (Å²) in [5, 5.41) is 2.99. The number of nitrogens with zero attached hydrogens (tertiary/aromatic N) is 1. The first-order valence-electron chi connectivity index (χ1n) is 9.71. The zero-order valence-electron chi connectivity index (χ0n) is 17.3.